The zero-order chi connectivity index (χ0) is 17.5. The molecule has 4 aromatic rings. The maximum absolute atomic E-state index is 5.83. The van der Waals surface area contributed by atoms with Gasteiger partial charge in [0.15, 0.2) is 0 Å². The normalized spacial score (nSPS) is 19.6. The molecule has 26 heavy (non-hydrogen) atoms. The summed E-state index contributed by atoms with van der Waals surface area (Å²) in [6, 6.07) is 8.50. The zero-order valence-electron chi connectivity index (χ0n) is 14.2. The first-order valence-electron chi connectivity index (χ1n) is 8.81. The zero-order valence-corrected chi connectivity index (χ0v) is 14.2. The van der Waals surface area contributed by atoms with Gasteiger partial charge < -0.3 is 11.1 Å². The number of nitrogens with two attached hydrogens (primary N) is 1. The number of benzene rings is 1. The van der Waals surface area contributed by atoms with Crippen molar-refractivity contribution in [3.63, 3.8) is 0 Å². The molecule has 0 spiro atoms. The molecule has 0 unspecified atom stereocenters. The van der Waals surface area contributed by atoms with Gasteiger partial charge in [-0.1, -0.05) is 6.07 Å². The van der Waals surface area contributed by atoms with E-state index < -0.39 is 0 Å². The first-order chi connectivity index (χ1) is 12.8. The van der Waals surface area contributed by atoms with E-state index in [0.717, 1.165) is 47.1 Å². The molecule has 1 saturated carbocycles. The van der Waals surface area contributed by atoms with Crippen molar-refractivity contribution in [1.82, 2.24) is 24.6 Å². The van der Waals surface area contributed by atoms with E-state index in [1.165, 1.54) is 0 Å². The number of aromatic nitrogens is 5. The monoisotopic (exact) mass is 345 g/mol. The highest BCUT2D eigenvalue weighted by Gasteiger charge is 2.25. The first kappa shape index (κ1) is 15.2. The molecule has 3 aromatic heterocycles. The predicted molar refractivity (Wildman–Crippen MR) is 101 cm³/mol. The molecule has 1 aliphatic carbocycles. The summed E-state index contributed by atoms with van der Waals surface area (Å²) in [7, 11) is 0. The molecule has 0 radical (unpaired) electrons. The van der Waals surface area contributed by atoms with E-state index in [4.69, 9.17) is 5.73 Å². The van der Waals surface area contributed by atoms with Gasteiger partial charge >= 0.3 is 0 Å². The number of fused-ring (bicyclic) bond motifs is 2. The van der Waals surface area contributed by atoms with E-state index in [2.05, 4.69) is 37.5 Å². The maximum Gasteiger partial charge on any atom is 0.241 e. The van der Waals surface area contributed by atoms with E-state index in [0.29, 0.717) is 17.9 Å². The van der Waals surface area contributed by atoms with Crippen molar-refractivity contribution in [2.45, 2.75) is 18.9 Å². The van der Waals surface area contributed by atoms with Crippen LogP contribution in [0.3, 0.4) is 0 Å². The number of hydrogen-bond acceptors (Lipinski definition) is 6. The SMILES string of the molecule is NC1CC(CNc2ncc3c(-c4ccc5nccnc5c4)ccn3n2)C1. The standard InChI is InChI=1S/C19H19N7/c20-14-7-12(8-14)10-23-19-24-11-18-15(3-6-26(18)25-19)13-1-2-16-17(9-13)22-5-4-21-16/h1-6,9,11-12,14H,7-8,10,20H2,(H,23,25). The molecule has 5 rings (SSSR count). The van der Waals surface area contributed by atoms with Crippen LogP contribution in [0.25, 0.3) is 27.7 Å². The molecule has 0 atom stereocenters. The van der Waals surface area contributed by atoms with Gasteiger partial charge in [0.05, 0.1) is 22.7 Å². The Labute approximate surface area is 150 Å². The highest BCUT2D eigenvalue weighted by atomic mass is 15.3. The smallest absolute Gasteiger partial charge is 0.241 e. The first-order valence-corrected chi connectivity index (χ1v) is 8.81. The van der Waals surface area contributed by atoms with Crippen LogP contribution in [-0.4, -0.2) is 37.2 Å². The van der Waals surface area contributed by atoms with Gasteiger partial charge in [-0.25, -0.2) is 9.50 Å². The van der Waals surface area contributed by atoms with Crippen molar-refractivity contribution in [2.24, 2.45) is 11.7 Å². The highest BCUT2D eigenvalue weighted by Crippen LogP contribution is 2.28. The summed E-state index contributed by atoms with van der Waals surface area (Å²) in [6.45, 7) is 0.872. The van der Waals surface area contributed by atoms with Crippen molar-refractivity contribution in [3.8, 4) is 11.1 Å². The van der Waals surface area contributed by atoms with Crippen molar-refractivity contribution in [3.05, 3.63) is 49.1 Å². The summed E-state index contributed by atoms with van der Waals surface area (Å²) < 4.78 is 1.86. The molecule has 0 aliphatic heterocycles. The van der Waals surface area contributed by atoms with Crippen LogP contribution in [0, 0.1) is 5.92 Å². The number of anilines is 1. The van der Waals surface area contributed by atoms with Crippen LogP contribution < -0.4 is 11.1 Å². The van der Waals surface area contributed by atoms with Gasteiger partial charge in [-0.05, 0) is 42.5 Å². The van der Waals surface area contributed by atoms with Gasteiger partial charge in [-0.15, -0.1) is 5.10 Å². The third kappa shape index (κ3) is 2.66. The lowest BCUT2D eigenvalue weighted by Gasteiger charge is -2.32. The van der Waals surface area contributed by atoms with Gasteiger partial charge in [-0.2, -0.15) is 0 Å². The Morgan fingerprint density at radius 2 is 1.92 bits per heavy atom. The second kappa shape index (κ2) is 6.03. The van der Waals surface area contributed by atoms with Crippen LogP contribution in [0.15, 0.2) is 49.1 Å². The fraction of sp³-hybridized carbons (Fsp3) is 0.263. The molecule has 1 aromatic carbocycles. The summed E-state index contributed by atoms with van der Waals surface area (Å²) in [5.74, 6) is 1.27. The molecular weight excluding hydrogens is 326 g/mol. The van der Waals surface area contributed by atoms with E-state index in [-0.39, 0.29) is 0 Å². The minimum atomic E-state index is 0.365. The molecule has 0 saturated heterocycles. The molecule has 0 bridgehead atoms. The average molecular weight is 345 g/mol. The van der Waals surface area contributed by atoms with Gasteiger partial charge in [0.2, 0.25) is 5.95 Å². The topological polar surface area (TPSA) is 94.0 Å². The van der Waals surface area contributed by atoms with Crippen LogP contribution in [0.1, 0.15) is 12.8 Å². The van der Waals surface area contributed by atoms with Gasteiger partial charge in [0.1, 0.15) is 0 Å². The number of nitrogens with one attached hydrogen (secondary N) is 1. The Morgan fingerprint density at radius 1 is 1.08 bits per heavy atom. The number of rotatable bonds is 4. The summed E-state index contributed by atoms with van der Waals surface area (Å²) in [5, 5.41) is 7.88. The van der Waals surface area contributed by atoms with E-state index in [1.54, 1.807) is 12.4 Å². The fourth-order valence-corrected chi connectivity index (χ4v) is 3.55. The maximum atomic E-state index is 5.83. The third-order valence-corrected chi connectivity index (χ3v) is 5.02. The van der Waals surface area contributed by atoms with Crippen molar-refractivity contribution < 1.29 is 0 Å². The Kier molecular flexibility index (Phi) is 3.53. The third-order valence-electron chi connectivity index (χ3n) is 5.02. The van der Waals surface area contributed by atoms with Gasteiger partial charge in [0.25, 0.3) is 0 Å². The predicted octanol–water partition coefficient (Wildman–Crippen LogP) is 2.49. The van der Waals surface area contributed by atoms with Crippen LogP contribution in [0.5, 0.6) is 0 Å². The van der Waals surface area contributed by atoms with Crippen LogP contribution in [-0.2, 0) is 0 Å². The Morgan fingerprint density at radius 3 is 2.77 bits per heavy atom. The molecule has 0 amide bonds. The molecule has 7 heteroatoms. The van der Waals surface area contributed by atoms with E-state index in [9.17, 15) is 0 Å². The molecule has 3 N–H and O–H groups in total. The summed E-state index contributed by atoms with van der Waals surface area (Å²) in [4.78, 5) is 13.2. The Balaban J connectivity index is 1.43. The van der Waals surface area contributed by atoms with Crippen LogP contribution in [0.4, 0.5) is 5.95 Å². The molecule has 1 fully saturated rings. The summed E-state index contributed by atoms with van der Waals surface area (Å²) in [5.41, 5.74) is 10.7. The Bertz CT molecular complexity index is 1080. The summed E-state index contributed by atoms with van der Waals surface area (Å²) in [6.07, 6.45) is 9.38. The van der Waals surface area contributed by atoms with E-state index in [1.807, 2.05) is 29.0 Å². The van der Waals surface area contributed by atoms with Crippen molar-refractivity contribution in [2.75, 3.05) is 11.9 Å². The lowest BCUT2D eigenvalue weighted by Crippen LogP contribution is -2.39. The van der Waals surface area contributed by atoms with Gasteiger partial charge in [-0.3, -0.25) is 9.97 Å². The quantitative estimate of drug-likeness (QED) is 0.590. The second-order valence-corrected chi connectivity index (χ2v) is 6.88. The van der Waals surface area contributed by atoms with Crippen molar-refractivity contribution in [1.29, 1.82) is 0 Å². The molecule has 1 aliphatic rings. The van der Waals surface area contributed by atoms with Gasteiger partial charge in [0, 0.05) is 36.7 Å². The number of nitrogens with zero attached hydrogens (tertiary/aromatic N) is 5. The molecule has 7 nitrogen and oxygen atoms in total. The van der Waals surface area contributed by atoms with Crippen molar-refractivity contribution >= 4 is 22.5 Å². The lowest BCUT2D eigenvalue weighted by atomic mass is 9.81. The summed E-state index contributed by atoms with van der Waals surface area (Å²) >= 11 is 0. The molecule has 130 valence electrons. The second-order valence-electron chi connectivity index (χ2n) is 6.88. The largest absolute Gasteiger partial charge is 0.353 e. The Hall–Kier alpha value is -3.06. The van der Waals surface area contributed by atoms with Crippen LogP contribution in [0.2, 0.25) is 0 Å². The average Bonchev–Trinajstić information content (AvgIpc) is 3.07. The molecule has 3 heterocycles. The minimum Gasteiger partial charge on any atom is -0.353 e. The highest BCUT2D eigenvalue weighted by molar-refractivity contribution is 5.86. The minimum absolute atomic E-state index is 0.365. The fourth-order valence-electron chi connectivity index (χ4n) is 3.55. The number of hydrogen-bond donors (Lipinski definition) is 2. The van der Waals surface area contributed by atoms with E-state index >= 15 is 0 Å². The van der Waals surface area contributed by atoms with Crippen LogP contribution >= 0.6 is 0 Å². The molecular formula is C19H19N7. The lowest BCUT2D eigenvalue weighted by molar-refractivity contribution is 0.279.